The number of aryl methyl sites for hydroxylation is 1. The van der Waals surface area contributed by atoms with Crippen LogP contribution in [0.4, 0.5) is 5.69 Å². The highest BCUT2D eigenvalue weighted by atomic mass is 32.2. The molecule has 1 aliphatic rings. The van der Waals surface area contributed by atoms with E-state index in [-0.39, 0.29) is 6.54 Å². The summed E-state index contributed by atoms with van der Waals surface area (Å²) in [7, 11) is -3.60. The van der Waals surface area contributed by atoms with Crippen LogP contribution >= 0.6 is 0 Å². The minimum absolute atomic E-state index is 0.266. The van der Waals surface area contributed by atoms with Gasteiger partial charge in [0.15, 0.2) is 0 Å². The zero-order valence-electron chi connectivity index (χ0n) is 12.3. The average Bonchev–Trinajstić information content (AvgIpc) is 2.54. The van der Waals surface area contributed by atoms with Crippen LogP contribution in [0.3, 0.4) is 0 Å². The Morgan fingerprint density at radius 1 is 1.14 bits per heavy atom. The number of hydrogen-bond acceptors (Lipinski definition) is 3. The molecular formula is C16H18N2O3S. The number of benzene rings is 2. The molecule has 3 rings (SSSR count). The first kappa shape index (κ1) is 14.9. The van der Waals surface area contributed by atoms with E-state index >= 15 is 0 Å². The molecule has 5 nitrogen and oxygen atoms in total. The number of nitrogens with zero attached hydrogens (tertiary/aromatic N) is 1. The highest BCUT2D eigenvalue weighted by molar-refractivity contribution is 7.90. The number of nitrogens with one attached hydrogen (secondary N) is 1. The summed E-state index contributed by atoms with van der Waals surface area (Å²) in [5.74, 6) is 0.592. The molecule has 0 spiro atoms. The number of fused-ring (bicyclic) bond motifs is 1. The van der Waals surface area contributed by atoms with Gasteiger partial charge in [0.2, 0.25) is 0 Å². The van der Waals surface area contributed by atoms with Crippen molar-refractivity contribution < 1.29 is 13.2 Å². The Bertz CT molecular complexity index is 757. The number of anilines is 1. The van der Waals surface area contributed by atoms with Gasteiger partial charge in [0.05, 0.1) is 12.2 Å². The van der Waals surface area contributed by atoms with E-state index < -0.39 is 10.2 Å². The lowest BCUT2D eigenvalue weighted by atomic mass is 10.2. The molecule has 0 amide bonds. The van der Waals surface area contributed by atoms with Gasteiger partial charge >= 0.3 is 10.2 Å². The van der Waals surface area contributed by atoms with Gasteiger partial charge in [-0.25, -0.2) is 0 Å². The molecule has 0 atom stereocenters. The van der Waals surface area contributed by atoms with Gasteiger partial charge in [-0.15, -0.1) is 0 Å². The van der Waals surface area contributed by atoms with Crippen LogP contribution < -0.4 is 13.8 Å². The molecule has 0 saturated heterocycles. The molecule has 2 aromatic carbocycles. The fourth-order valence-corrected chi connectivity index (χ4v) is 3.58. The fraction of sp³-hybridized carbons (Fsp3) is 0.250. The van der Waals surface area contributed by atoms with Crippen molar-refractivity contribution in [2.45, 2.75) is 13.5 Å². The SMILES string of the molecule is Cc1ccc(CNS(=O)(=O)N2CCOc3ccccc32)cc1. The molecule has 0 aromatic heterocycles. The third-order valence-electron chi connectivity index (χ3n) is 3.56. The van der Waals surface area contributed by atoms with Gasteiger partial charge in [0.25, 0.3) is 0 Å². The third kappa shape index (κ3) is 3.08. The van der Waals surface area contributed by atoms with Crippen molar-refractivity contribution in [2.24, 2.45) is 0 Å². The van der Waals surface area contributed by atoms with Gasteiger partial charge in [-0.05, 0) is 24.6 Å². The van der Waals surface area contributed by atoms with Gasteiger partial charge in [-0.2, -0.15) is 13.1 Å². The van der Waals surface area contributed by atoms with E-state index in [0.717, 1.165) is 11.1 Å². The van der Waals surface area contributed by atoms with Crippen LogP contribution in [0.15, 0.2) is 48.5 Å². The molecule has 0 radical (unpaired) electrons. The van der Waals surface area contributed by atoms with E-state index in [1.165, 1.54) is 4.31 Å². The summed E-state index contributed by atoms with van der Waals surface area (Å²) < 4.78 is 34.6. The molecule has 2 aromatic rings. The quantitative estimate of drug-likeness (QED) is 0.940. The molecule has 0 fully saturated rings. The maximum atomic E-state index is 12.5. The monoisotopic (exact) mass is 318 g/mol. The van der Waals surface area contributed by atoms with Crippen LogP contribution in [-0.2, 0) is 16.8 Å². The number of rotatable bonds is 4. The molecule has 0 aliphatic carbocycles. The van der Waals surface area contributed by atoms with Crippen LogP contribution in [0.2, 0.25) is 0 Å². The maximum Gasteiger partial charge on any atom is 0.302 e. The van der Waals surface area contributed by atoms with E-state index in [9.17, 15) is 8.42 Å². The smallest absolute Gasteiger partial charge is 0.302 e. The highest BCUT2D eigenvalue weighted by Gasteiger charge is 2.27. The first-order valence-corrected chi connectivity index (χ1v) is 8.55. The summed E-state index contributed by atoms with van der Waals surface area (Å²) in [6.07, 6.45) is 0. The second kappa shape index (κ2) is 5.98. The van der Waals surface area contributed by atoms with Crippen molar-refractivity contribution in [3.63, 3.8) is 0 Å². The topological polar surface area (TPSA) is 58.6 Å². The molecule has 22 heavy (non-hydrogen) atoms. The number of ether oxygens (including phenoxy) is 1. The van der Waals surface area contributed by atoms with Crippen molar-refractivity contribution >= 4 is 15.9 Å². The van der Waals surface area contributed by atoms with E-state index in [1.807, 2.05) is 37.3 Å². The summed E-state index contributed by atoms with van der Waals surface area (Å²) in [5.41, 5.74) is 2.65. The Hall–Kier alpha value is -2.05. The summed E-state index contributed by atoms with van der Waals surface area (Å²) >= 11 is 0. The summed E-state index contributed by atoms with van der Waals surface area (Å²) in [6.45, 7) is 2.92. The summed E-state index contributed by atoms with van der Waals surface area (Å²) in [4.78, 5) is 0. The first-order valence-electron chi connectivity index (χ1n) is 7.11. The van der Waals surface area contributed by atoms with Gasteiger partial charge in [-0.1, -0.05) is 42.0 Å². The van der Waals surface area contributed by atoms with Crippen LogP contribution in [0.1, 0.15) is 11.1 Å². The Balaban J connectivity index is 1.78. The molecule has 0 saturated carbocycles. The van der Waals surface area contributed by atoms with Crippen molar-refractivity contribution in [2.75, 3.05) is 17.5 Å². The third-order valence-corrected chi connectivity index (χ3v) is 5.02. The Kier molecular flexibility index (Phi) is 4.04. The zero-order chi connectivity index (χ0) is 15.6. The Labute approximate surface area is 130 Å². The van der Waals surface area contributed by atoms with Crippen LogP contribution in [-0.4, -0.2) is 21.6 Å². The zero-order valence-corrected chi connectivity index (χ0v) is 13.1. The number of hydrogen-bond donors (Lipinski definition) is 1. The van der Waals surface area contributed by atoms with Crippen LogP contribution in [0, 0.1) is 6.92 Å². The maximum absolute atomic E-state index is 12.5. The lowest BCUT2D eigenvalue weighted by Crippen LogP contribution is -2.44. The molecular weight excluding hydrogens is 300 g/mol. The standard InChI is InChI=1S/C16H18N2O3S/c1-13-6-8-14(9-7-13)12-17-22(19,20)18-10-11-21-16-5-3-2-4-15(16)18/h2-9,17H,10-12H2,1H3. The van der Waals surface area contributed by atoms with Crippen molar-refractivity contribution in [3.8, 4) is 5.75 Å². The van der Waals surface area contributed by atoms with E-state index in [0.29, 0.717) is 24.6 Å². The summed E-state index contributed by atoms with van der Waals surface area (Å²) in [6, 6.07) is 14.9. The van der Waals surface area contributed by atoms with E-state index in [2.05, 4.69) is 4.72 Å². The lowest BCUT2D eigenvalue weighted by Gasteiger charge is -2.30. The molecule has 0 unspecified atom stereocenters. The van der Waals surface area contributed by atoms with Crippen molar-refractivity contribution in [1.29, 1.82) is 0 Å². The lowest BCUT2D eigenvalue weighted by molar-refractivity contribution is 0.315. The van der Waals surface area contributed by atoms with Crippen LogP contribution in [0.5, 0.6) is 5.75 Å². The Morgan fingerprint density at radius 2 is 1.86 bits per heavy atom. The largest absolute Gasteiger partial charge is 0.489 e. The predicted octanol–water partition coefficient (Wildman–Crippen LogP) is 2.23. The molecule has 6 heteroatoms. The molecule has 1 N–H and O–H groups in total. The highest BCUT2D eigenvalue weighted by Crippen LogP contribution is 2.32. The normalized spacial score (nSPS) is 14.3. The van der Waals surface area contributed by atoms with Gasteiger partial charge < -0.3 is 4.74 Å². The summed E-state index contributed by atoms with van der Waals surface area (Å²) in [5, 5.41) is 0. The van der Waals surface area contributed by atoms with Crippen molar-refractivity contribution in [3.05, 3.63) is 59.7 Å². The van der Waals surface area contributed by atoms with Crippen molar-refractivity contribution in [1.82, 2.24) is 4.72 Å². The molecule has 1 heterocycles. The van der Waals surface area contributed by atoms with Gasteiger partial charge in [0, 0.05) is 6.54 Å². The molecule has 116 valence electrons. The first-order chi connectivity index (χ1) is 10.6. The average molecular weight is 318 g/mol. The minimum Gasteiger partial charge on any atom is -0.489 e. The second-order valence-electron chi connectivity index (χ2n) is 5.20. The second-order valence-corrected chi connectivity index (χ2v) is 6.88. The van der Waals surface area contributed by atoms with Gasteiger partial charge in [0.1, 0.15) is 12.4 Å². The molecule has 1 aliphatic heterocycles. The fourth-order valence-electron chi connectivity index (χ4n) is 2.35. The Morgan fingerprint density at radius 3 is 2.64 bits per heavy atom. The van der Waals surface area contributed by atoms with Gasteiger partial charge in [-0.3, -0.25) is 4.31 Å². The van der Waals surface area contributed by atoms with Crippen LogP contribution in [0.25, 0.3) is 0 Å². The number of para-hydroxylation sites is 2. The minimum atomic E-state index is -3.60. The van der Waals surface area contributed by atoms with E-state index in [1.54, 1.807) is 18.2 Å². The van der Waals surface area contributed by atoms with E-state index in [4.69, 9.17) is 4.74 Å². The predicted molar refractivity (Wildman–Crippen MR) is 86.2 cm³/mol. The molecule has 0 bridgehead atoms.